The van der Waals surface area contributed by atoms with Crippen molar-refractivity contribution in [3.05, 3.63) is 35.4 Å². The van der Waals surface area contributed by atoms with Crippen molar-refractivity contribution in [3.8, 4) is 0 Å². The zero-order valence-electron chi connectivity index (χ0n) is 27.0. The van der Waals surface area contributed by atoms with Gasteiger partial charge in [0.25, 0.3) is 5.91 Å². The summed E-state index contributed by atoms with van der Waals surface area (Å²) >= 11 is 0. The van der Waals surface area contributed by atoms with E-state index in [9.17, 15) is 14.4 Å². The van der Waals surface area contributed by atoms with E-state index in [1.165, 1.54) is 10.6 Å². The first kappa shape index (κ1) is 33.5. The lowest BCUT2D eigenvalue weighted by atomic mass is 9.89. The van der Waals surface area contributed by atoms with Crippen molar-refractivity contribution in [3.63, 3.8) is 0 Å². The SMILES string of the molecule is CCCCC(C(=O)NC(C)C(=O)N1CCCC(C(=O)OC(C)C2=Nc3cc(C=CC(C)(C)C)ccc3CC2)N1)C(C)C. The van der Waals surface area contributed by atoms with Crippen LogP contribution >= 0.6 is 0 Å². The number of carbonyl (C=O) groups is 3. The summed E-state index contributed by atoms with van der Waals surface area (Å²) in [5.41, 5.74) is 7.22. The molecule has 42 heavy (non-hydrogen) atoms. The van der Waals surface area contributed by atoms with Crippen molar-refractivity contribution in [2.45, 2.75) is 119 Å². The highest BCUT2D eigenvalue weighted by Gasteiger charge is 2.34. The molecule has 0 bridgehead atoms. The van der Waals surface area contributed by atoms with Gasteiger partial charge in [0.2, 0.25) is 5.91 Å². The highest BCUT2D eigenvalue weighted by Crippen LogP contribution is 2.30. The summed E-state index contributed by atoms with van der Waals surface area (Å²) in [6.07, 6.45) is 9.46. The molecule has 0 saturated carbocycles. The average molecular weight is 581 g/mol. The number of amides is 2. The van der Waals surface area contributed by atoms with Crippen LogP contribution in [0.15, 0.2) is 29.3 Å². The van der Waals surface area contributed by atoms with E-state index in [0.29, 0.717) is 19.4 Å². The van der Waals surface area contributed by atoms with Crippen molar-refractivity contribution in [2.24, 2.45) is 22.2 Å². The first-order valence-electron chi connectivity index (χ1n) is 15.8. The van der Waals surface area contributed by atoms with E-state index in [0.717, 1.165) is 49.1 Å². The van der Waals surface area contributed by atoms with Crippen LogP contribution in [0.1, 0.15) is 105 Å². The second-order valence-corrected chi connectivity index (χ2v) is 13.3. The van der Waals surface area contributed by atoms with Crippen molar-refractivity contribution < 1.29 is 19.1 Å². The molecule has 2 aliphatic rings. The van der Waals surface area contributed by atoms with Gasteiger partial charge in [-0.1, -0.05) is 78.7 Å². The maximum absolute atomic E-state index is 13.2. The molecule has 2 heterocycles. The Morgan fingerprint density at radius 3 is 2.57 bits per heavy atom. The van der Waals surface area contributed by atoms with Crippen LogP contribution < -0.4 is 10.7 Å². The smallest absolute Gasteiger partial charge is 0.325 e. The van der Waals surface area contributed by atoms with E-state index in [4.69, 9.17) is 9.73 Å². The molecule has 2 amide bonds. The molecule has 1 fully saturated rings. The fourth-order valence-corrected chi connectivity index (χ4v) is 5.36. The Bertz CT molecular complexity index is 1170. The number of esters is 1. The summed E-state index contributed by atoms with van der Waals surface area (Å²) < 4.78 is 5.86. The van der Waals surface area contributed by atoms with Gasteiger partial charge in [0, 0.05) is 12.5 Å². The fourth-order valence-electron chi connectivity index (χ4n) is 5.36. The predicted octanol–water partition coefficient (Wildman–Crippen LogP) is 6.16. The number of ether oxygens (including phenoxy) is 1. The van der Waals surface area contributed by atoms with Crippen molar-refractivity contribution in [1.82, 2.24) is 15.8 Å². The number of aryl methyl sites for hydroxylation is 1. The topological polar surface area (TPSA) is 100 Å². The van der Waals surface area contributed by atoms with Crippen LogP contribution in [0, 0.1) is 17.3 Å². The lowest BCUT2D eigenvalue weighted by Gasteiger charge is -2.35. The lowest BCUT2D eigenvalue weighted by molar-refractivity contribution is -0.154. The zero-order chi connectivity index (χ0) is 31.0. The van der Waals surface area contributed by atoms with Gasteiger partial charge in [-0.2, -0.15) is 0 Å². The van der Waals surface area contributed by atoms with Crippen LogP contribution in [0.25, 0.3) is 6.08 Å². The van der Waals surface area contributed by atoms with E-state index < -0.39 is 24.2 Å². The Balaban J connectivity index is 1.59. The molecule has 8 nitrogen and oxygen atoms in total. The van der Waals surface area contributed by atoms with E-state index in [1.54, 1.807) is 6.92 Å². The first-order chi connectivity index (χ1) is 19.8. The summed E-state index contributed by atoms with van der Waals surface area (Å²) in [6.45, 7) is 16.7. The number of unbranched alkanes of at least 4 members (excludes halogenated alkanes) is 1. The van der Waals surface area contributed by atoms with Crippen LogP contribution in [-0.4, -0.2) is 53.2 Å². The van der Waals surface area contributed by atoms with Gasteiger partial charge in [0.1, 0.15) is 18.2 Å². The molecule has 0 spiro atoms. The van der Waals surface area contributed by atoms with Gasteiger partial charge < -0.3 is 10.1 Å². The summed E-state index contributed by atoms with van der Waals surface area (Å²) in [5.74, 6) is -0.668. The molecule has 8 heteroatoms. The van der Waals surface area contributed by atoms with Gasteiger partial charge in [-0.15, -0.1) is 0 Å². The highest BCUT2D eigenvalue weighted by molar-refractivity contribution is 5.94. The monoisotopic (exact) mass is 580 g/mol. The number of carbonyl (C=O) groups excluding carboxylic acids is 3. The zero-order valence-corrected chi connectivity index (χ0v) is 27.0. The Hall–Kier alpha value is -3.00. The second-order valence-electron chi connectivity index (χ2n) is 13.3. The third-order valence-corrected chi connectivity index (χ3v) is 8.04. The first-order valence-corrected chi connectivity index (χ1v) is 15.8. The van der Waals surface area contributed by atoms with Gasteiger partial charge >= 0.3 is 5.97 Å². The molecular formula is C34H52N4O4. The molecule has 1 aromatic carbocycles. The second kappa shape index (κ2) is 14.9. The normalized spacial score (nSPS) is 19.6. The Morgan fingerprint density at radius 2 is 1.90 bits per heavy atom. The van der Waals surface area contributed by atoms with Gasteiger partial charge in [0.05, 0.1) is 11.4 Å². The predicted molar refractivity (Wildman–Crippen MR) is 169 cm³/mol. The molecule has 4 unspecified atom stereocenters. The highest BCUT2D eigenvalue weighted by atomic mass is 16.5. The van der Waals surface area contributed by atoms with Crippen LogP contribution in [0.3, 0.4) is 0 Å². The van der Waals surface area contributed by atoms with Gasteiger partial charge in [0.15, 0.2) is 0 Å². The van der Waals surface area contributed by atoms with Crippen LogP contribution in [0.4, 0.5) is 5.69 Å². The number of hydrazine groups is 1. The largest absolute Gasteiger partial charge is 0.455 e. The molecule has 0 aromatic heterocycles. The minimum absolute atomic E-state index is 0.0896. The van der Waals surface area contributed by atoms with Gasteiger partial charge in [-0.3, -0.25) is 24.4 Å². The third kappa shape index (κ3) is 9.51. The Kier molecular flexibility index (Phi) is 11.9. The van der Waals surface area contributed by atoms with Crippen LogP contribution in [-0.2, 0) is 25.5 Å². The number of nitrogens with one attached hydrogen (secondary N) is 2. The number of benzene rings is 1. The molecular weight excluding hydrogens is 528 g/mol. The number of allylic oxidation sites excluding steroid dienone is 1. The average Bonchev–Trinajstić information content (AvgIpc) is 2.94. The molecule has 0 aliphatic carbocycles. The molecule has 1 aromatic rings. The van der Waals surface area contributed by atoms with E-state index >= 15 is 0 Å². The van der Waals surface area contributed by atoms with Crippen LogP contribution in [0.2, 0.25) is 0 Å². The lowest BCUT2D eigenvalue weighted by Crippen LogP contribution is -2.60. The fraction of sp³-hybridized carbons (Fsp3) is 0.647. The number of nitrogens with zero attached hydrogens (tertiary/aromatic N) is 2. The summed E-state index contributed by atoms with van der Waals surface area (Å²) in [4.78, 5) is 44.1. The van der Waals surface area contributed by atoms with Gasteiger partial charge in [-0.05, 0) is 74.5 Å². The maximum atomic E-state index is 13.2. The number of fused-ring (bicyclic) bond motifs is 1. The summed E-state index contributed by atoms with van der Waals surface area (Å²) in [7, 11) is 0. The van der Waals surface area contributed by atoms with Crippen molar-refractivity contribution >= 4 is 35.3 Å². The third-order valence-electron chi connectivity index (χ3n) is 8.04. The minimum Gasteiger partial charge on any atom is -0.455 e. The number of hydrogen-bond donors (Lipinski definition) is 2. The molecule has 3 rings (SSSR count). The number of rotatable bonds is 11. The Morgan fingerprint density at radius 1 is 1.17 bits per heavy atom. The van der Waals surface area contributed by atoms with E-state index in [2.05, 4.69) is 68.8 Å². The summed E-state index contributed by atoms with van der Waals surface area (Å²) in [5, 5.41) is 4.37. The molecule has 232 valence electrons. The number of aliphatic imine (C=N–C) groups is 1. The quantitative estimate of drug-likeness (QED) is 0.306. The molecule has 2 N–H and O–H groups in total. The van der Waals surface area contributed by atoms with E-state index in [-0.39, 0.29) is 29.1 Å². The number of hydrogen-bond acceptors (Lipinski definition) is 6. The minimum atomic E-state index is -0.693. The molecule has 4 atom stereocenters. The van der Waals surface area contributed by atoms with E-state index in [1.807, 2.05) is 20.8 Å². The van der Waals surface area contributed by atoms with Crippen LogP contribution in [0.5, 0.6) is 0 Å². The standard InChI is InChI=1S/C34H52N4O4/c1-9-10-12-27(22(2)3)31(39)35-23(4)32(40)38-20-11-13-29(37-38)33(41)42-24(5)28-17-16-26-15-14-25(21-30(26)36-28)18-19-34(6,7)8/h14-15,18-19,21-24,27,29,37H,9-13,16-17,20H2,1-8H3,(H,35,39). The van der Waals surface area contributed by atoms with Gasteiger partial charge in [-0.25, -0.2) is 5.43 Å². The van der Waals surface area contributed by atoms with Crippen molar-refractivity contribution in [1.29, 1.82) is 0 Å². The molecule has 1 saturated heterocycles. The molecule has 0 radical (unpaired) electrons. The molecule has 2 aliphatic heterocycles. The van der Waals surface area contributed by atoms with Crippen molar-refractivity contribution in [2.75, 3.05) is 6.54 Å². The Labute approximate surface area is 252 Å². The maximum Gasteiger partial charge on any atom is 0.325 e. The summed E-state index contributed by atoms with van der Waals surface area (Å²) in [6, 6.07) is 5.01.